The fraction of sp³-hybridized carbons (Fsp3) is 0.241. The molecule has 1 N–H and O–H groups in total. The standard InChI is InChI=1S/C29H29N5O3S/c1-2-37-29-11-7-6-8-23(29)18-34(38(35,36)27-9-4-3-5-10-27)26-15-24-14-22(16-30)12-13-28(24)33(20-26)19-25-17-31-21-32-25/h3-14,17,21,26H,2,15,18-20H2,1H3,(H,31,32). The highest BCUT2D eigenvalue weighted by molar-refractivity contribution is 7.89. The molecule has 1 atom stereocenters. The lowest BCUT2D eigenvalue weighted by Crippen LogP contribution is -2.50. The molecular formula is C29H29N5O3S. The van der Waals surface area contributed by atoms with Crippen molar-refractivity contribution in [3.05, 3.63) is 108 Å². The Morgan fingerprint density at radius 2 is 1.92 bits per heavy atom. The third-order valence-electron chi connectivity index (χ3n) is 6.71. The van der Waals surface area contributed by atoms with Gasteiger partial charge in [0.15, 0.2) is 0 Å². The Kier molecular flexibility index (Phi) is 7.45. The Bertz CT molecular complexity index is 1530. The van der Waals surface area contributed by atoms with E-state index in [1.165, 1.54) is 0 Å². The van der Waals surface area contributed by atoms with Crippen LogP contribution in [0.2, 0.25) is 0 Å². The van der Waals surface area contributed by atoms with Crippen molar-refractivity contribution in [1.82, 2.24) is 14.3 Å². The van der Waals surface area contributed by atoms with Gasteiger partial charge in [-0.3, -0.25) is 0 Å². The number of ether oxygens (including phenoxy) is 1. The van der Waals surface area contributed by atoms with E-state index in [1.807, 2.05) is 43.3 Å². The summed E-state index contributed by atoms with van der Waals surface area (Å²) >= 11 is 0. The third-order valence-corrected chi connectivity index (χ3v) is 8.62. The zero-order valence-electron chi connectivity index (χ0n) is 21.1. The van der Waals surface area contributed by atoms with Crippen LogP contribution >= 0.6 is 0 Å². The molecule has 3 aromatic carbocycles. The maximum atomic E-state index is 14.2. The van der Waals surface area contributed by atoms with Crippen LogP contribution in [0.4, 0.5) is 5.69 Å². The largest absolute Gasteiger partial charge is 0.494 e. The first kappa shape index (κ1) is 25.5. The number of nitrogens with one attached hydrogen (secondary N) is 1. The lowest BCUT2D eigenvalue weighted by Gasteiger charge is -2.41. The van der Waals surface area contributed by atoms with Gasteiger partial charge in [0.2, 0.25) is 10.0 Å². The van der Waals surface area contributed by atoms with Gasteiger partial charge in [0.25, 0.3) is 0 Å². The number of hydrogen-bond donors (Lipinski definition) is 1. The van der Waals surface area contributed by atoms with Gasteiger partial charge in [-0.15, -0.1) is 0 Å². The summed E-state index contributed by atoms with van der Waals surface area (Å²) in [6, 6.07) is 23.5. The fourth-order valence-corrected chi connectivity index (χ4v) is 6.57. The molecule has 8 nitrogen and oxygen atoms in total. The molecule has 0 amide bonds. The molecule has 1 aliphatic rings. The first-order chi connectivity index (χ1) is 18.5. The van der Waals surface area contributed by atoms with Gasteiger partial charge < -0.3 is 14.6 Å². The summed E-state index contributed by atoms with van der Waals surface area (Å²) in [6.45, 7) is 3.55. The van der Waals surface area contributed by atoms with Crippen molar-refractivity contribution in [3.63, 3.8) is 0 Å². The number of rotatable bonds is 9. The lowest BCUT2D eigenvalue weighted by atomic mass is 9.95. The van der Waals surface area contributed by atoms with Gasteiger partial charge in [-0.2, -0.15) is 9.57 Å². The number of H-pyrrole nitrogens is 1. The van der Waals surface area contributed by atoms with Crippen LogP contribution in [0.1, 0.15) is 29.3 Å². The molecule has 1 aromatic heterocycles. The molecule has 0 aliphatic carbocycles. The highest BCUT2D eigenvalue weighted by Gasteiger charge is 2.37. The van der Waals surface area contributed by atoms with E-state index >= 15 is 0 Å². The Morgan fingerprint density at radius 3 is 2.66 bits per heavy atom. The van der Waals surface area contributed by atoms with Gasteiger partial charge >= 0.3 is 0 Å². The molecule has 1 aliphatic heterocycles. The van der Waals surface area contributed by atoms with Crippen molar-refractivity contribution in [1.29, 1.82) is 5.26 Å². The number of fused-ring (bicyclic) bond motifs is 1. The minimum absolute atomic E-state index is 0.156. The number of nitriles is 1. The molecule has 4 aromatic rings. The SMILES string of the molecule is CCOc1ccccc1CN(C1Cc2cc(C#N)ccc2N(Cc2cnc[nH]2)C1)S(=O)(=O)c1ccccc1. The van der Waals surface area contributed by atoms with Crippen LogP contribution in [0.25, 0.3) is 0 Å². The van der Waals surface area contributed by atoms with E-state index in [9.17, 15) is 13.7 Å². The van der Waals surface area contributed by atoms with Crippen LogP contribution in [0.3, 0.4) is 0 Å². The van der Waals surface area contributed by atoms with Crippen LogP contribution in [0, 0.1) is 11.3 Å². The predicted molar refractivity (Wildman–Crippen MR) is 145 cm³/mol. The maximum Gasteiger partial charge on any atom is 0.243 e. The smallest absolute Gasteiger partial charge is 0.243 e. The number of anilines is 1. The summed E-state index contributed by atoms with van der Waals surface area (Å²) in [5.41, 5.74) is 4.18. The number of benzene rings is 3. The number of sulfonamides is 1. The van der Waals surface area contributed by atoms with E-state index in [2.05, 4.69) is 20.9 Å². The van der Waals surface area contributed by atoms with E-state index in [1.54, 1.807) is 53.2 Å². The first-order valence-electron chi connectivity index (χ1n) is 12.5. The second-order valence-electron chi connectivity index (χ2n) is 9.17. The molecule has 0 saturated carbocycles. The van der Waals surface area contributed by atoms with E-state index in [4.69, 9.17) is 4.74 Å². The van der Waals surface area contributed by atoms with Crippen molar-refractivity contribution < 1.29 is 13.2 Å². The molecule has 194 valence electrons. The highest BCUT2D eigenvalue weighted by atomic mass is 32.2. The van der Waals surface area contributed by atoms with Crippen molar-refractivity contribution in [2.75, 3.05) is 18.1 Å². The summed E-state index contributed by atoms with van der Waals surface area (Å²) in [6.07, 6.45) is 3.88. The molecule has 0 fully saturated rings. The fourth-order valence-electron chi connectivity index (χ4n) is 4.95. The highest BCUT2D eigenvalue weighted by Crippen LogP contribution is 2.34. The van der Waals surface area contributed by atoms with Crippen molar-refractivity contribution >= 4 is 15.7 Å². The Balaban J connectivity index is 1.59. The summed E-state index contributed by atoms with van der Waals surface area (Å²) in [4.78, 5) is 9.68. The predicted octanol–water partition coefficient (Wildman–Crippen LogP) is 4.50. The number of para-hydroxylation sites is 1. The molecule has 0 radical (unpaired) electrons. The second kappa shape index (κ2) is 11.1. The van der Waals surface area contributed by atoms with Crippen LogP contribution in [-0.2, 0) is 29.5 Å². The Hall–Kier alpha value is -4.13. The van der Waals surface area contributed by atoms with Crippen LogP contribution < -0.4 is 9.64 Å². The molecule has 5 rings (SSSR count). The average molecular weight is 528 g/mol. The van der Waals surface area contributed by atoms with Gasteiger partial charge in [0.05, 0.1) is 41.7 Å². The average Bonchev–Trinajstić information content (AvgIpc) is 3.45. The van der Waals surface area contributed by atoms with E-state index in [0.29, 0.717) is 37.4 Å². The molecule has 0 saturated heterocycles. The molecule has 0 spiro atoms. The van der Waals surface area contributed by atoms with Gasteiger partial charge in [-0.1, -0.05) is 36.4 Å². The Labute approximate surface area is 223 Å². The third kappa shape index (κ3) is 5.28. The monoisotopic (exact) mass is 527 g/mol. The van der Waals surface area contributed by atoms with Crippen molar-refractivity contribution in [3.8, 4) is 11.8 Å². The van der Waals surface area contributed by atoms with Crippen LogP contribution in [-0.4, -0.2) is 41.9 Å². The van der Waals surface area contributed by atoms with Crippen LogP contribution in [0.15, 0.2) is 90.2 Å². The number of imidazole rings is 1. The molecule has 0 bridgehead atoms. The normalized spacial score (nSPS) is 15.2. The zero-order valence-corrected chi connectivity index (χ0v) is 21.9. The summed E-state index contributed by atoms with van der Waals surface area (Å²) in [5, 5.41) is 9.54. The van der Waals surface area contributed by atoms with E-state index in [0.717, 1.165) is 22.5 Å². The topological polar surface area (TPSA) is 102 Å². The zero-order chi connectivity index (χ0) is 26.5. The van der Waals surface area contributed by atoms with Gasteiger partial charge in [-0.05, 0) is 55.3 Å². The van der Waals surface area contributed by atoms with Crippen molar-refractivity contribution in [2.45, 2.75) is 37.4 Å². The van der Waals surface area contributed by atoms with E-state index in [-0.39, 0.29) is 17.5 Å². The number of nitrogens with zero attached hydrogens (tertiary/aromatic N) is 4. The molecule has 9 heteroatoms. The number of hydrogen-bond acceptors (Lipinski definition) is 6. The summed E-state index contributed by atoms with van der Waals surface area (Å²) in [7, 11) is -3.87. The first-order valence-corrected chi connectivity index (χ1v) is 14.0. The minimum atomic E-state index is -3.87. The maximum absolute atomic E-state index is 14.2. The van der Waals surface area contributed by atoms with Gasteiger partial charge in [0, 0.05) is 36.6 Å². The molecular weight excluding hydrogens is 498 g/mol. The van der Waals surface area contributed by atoms with Gasteiger partial charge in [-0.25, -0.2) is 13.4 Å². The summed E-state index contributed by atoms with van der Waals surface area (Å²) < 4.78 is 35.8. The number of aromatic nitrogens is 2. The van der Waals surface area contributed by atoms with E-state index < -0.39 is 10.0 Å². The molecule has 38 heavy (non-hydrogen) atoms. The quantitative estimate of drug-likeness (QED) is 0.344. The second-order valence-corrected chi connectivity index (χ2v) is 11.1. The van der Waals surface area contributed by atoms with Crippen molar-refractivity contribution in [2.24, 2.45) is 0 Å². The number of aromatic amines is 1. The Morgan fingerprint density at radius 1 is 1.13 bits per heavy atom. The molecule has 2 heterocycles. The minimum Gasteiger partial charge on any atom is -0.494 e. The molecule has 1 unspecified atom stereocenters. The van der Waals surface area contributed by atoms with Crippen LogP contribution in [0.5, 0.6) is 5.75 Å². The lowest BCUT2D eigenvalue weighted by molar-refractivity contribution is 0.291. The summed E-state index contributed by atoms with van der Waals surface area (Å²) in [5.74, 6) is 0.667. The van der Waals surface area contributed by atoms with Gasteiger partial charge in [0.1, 0.15) is 5.75 Å².